The molecule has 1 heterocycles. The van der Waals surface area contributed by atoms with Gasteiger partial charge < -0.3 is 10.4 Å². The van der Waals surface area contributed by atoms with Gasteiger partial charge in [-0.25, -0.2) is 9.78 Å². The third-order valence-electron chi connectivity index (χ3n) is 2.53. The number of urea groups is 1. The number of aliphatic hydroxyl groups is 1. The van der Waals surface area contributed by atoms with E-state index in [1.807, 2.05) is 12.3 Å². The van der Waals surface area contributed by atoms with Crippen molar-refractivity contribution in [2.24, 2.45) is 5.41 Å². The Kier molecular flexibility index (Phi) is 5.75. The zero-order valence-corrected chi connectivity index (χ0v) is 12.8. The summed E-state index contributed by atoms with van der Waals surface area (Å²) in [6, 6.07) is -0.536. The topological polar surface area (TPSA) is 74.2 Å². The second-order valence-corrected chi connectivity index (χ2v) is 6.63. The summed E-state index contributed by atoms with van der Waals surface area (Å²) >= 11 is 1.42. The van der Waals surface area contributed by atoms with Crippen molar-refractivity contribution in [3.05, 3.63) is 11.1 Å². The Hall–Kier alpha value is -1.14. The number of carbonyl (C=O) groups excluding carboxylic acids is 1. The largest absolute Gasteiger partial charge is 0.394 e. The molecule has 1 aromatic rings. The van der Waals surface area contributed by atoms with Gasteiger partial charge in [-0.2, -0.15) is 0 Å². The molecule has 1 unspecified atom stereocenters. The molecule has 108 valence electrons. The lowest BCUT2D eigenvalue weighted by molar-refractivity contribution is 0.222. The summed E-state index contributed by atoms with van der Waals surface area (Å²) < 4.78 is 0. The number of carbonyl (C=O) groups is 1. The number of amides is 2. The monoisotopic (exact) mass is 285 g/mol. The van der Waals surface area contributed by atoms with Crippen LogP contribution in [-0.4, -0.2) is 28.8 Å². The summed E-state index contributed by atoms with van der Waals surface area (Å²) in [6.07, 6.45) is 1.57. The maximum Gasteiger partial charge on any atom is 0.321 e. The van der Waals surface area contributed by atoms with Crippen LogP contribution >= 0.6 is 11.3 Å². The first-order chi connectivity index (χ1) is 8.84. The van der Waals surface area contributed by atoms with E-state index in [-0.39, 0.29) is 24.1 Å². The Morgan fingerprint density at radius 3 is 2.74 bits per heavy atom. The second kappa shape index (κ2) is 6.86. The van der Waals surface area contributed by atoms with Crippen LogP contribution in [0, 0.1) is 5.41 Å². The highest BCUT2D eigenvalue weighted by Crippen LogP contribution is 2.23. The zero-order valence-electron chi connectivity index (χ0n) is 12.0. The zero-order chi connectivity index (χ0) is 14.5. The highest BCUT2D eigenvalue weighted by atomic mass is 32.1. The number of hydrogen-bond acceptors (Lipinski definition) is 4. The quantitative estimate of drug-likeness (QED) is 0.778. The Morgan fingerprint density at radius 2 is 2.21 bits per heavy atom. The molecule has 3 N–H and O–H groups in total. The van der Waals surface area contributed by atoms with Crippen LogP contribution < -0.4 is 10.6 Å². The Labute approximate surface area is 118 Å². The summed E-state index contributed by atoms with van der Waals surface area (Å²) in [5.74, 6) is 0. The highest BCUT2D eigenvalue weighted by Gasteiger charge is 2.15. The fourth-order valence-corrected chi connectivity index (χ4v) is 2.29. The normalized spacial score (nSPS) is 13.1. The van der Waals surface area contributed by atoms with Crippen LogP contribution in [0.5, 0.6) is 0 Å². The third kappa shape index (κ3) is 6.02. The number of nitrogens with one attached hydrogen (secondary N) is 2. The van der Waals surface area contributed by atoms with Crippen molar-refractivity contribution in [1.82, 2.24) is 10.3 Å². The molecule has 1 aromatic heterocycles. The molecule has 6 heteroatoms. The van der Waals surface area contributed by atoms with E-state index >= 15 is 0 Å². The molecule has 1 rings (SSSR count). The van der Waals surface area contributed by atoms with Crippen molar-refractivity contribution in [3.63, 3.8) is 0 Å². The van der Waals surface area contributed by atoms with Crippen molar-refractivity contribution >= 4 is 22.5 Å². The van der Waals surface area contributed by atoms with E-state index in [2.05, 4.69) is 36.4 Å². The number of anilines is 1. The molecule has 5 nitrogen and oxygen atoms in total. The maximum absolute atomic E-state index is 11.7. The van der Waals surface area contributed by atoms with Crippen molar-refractivity contribution in [2.75, 3.05) is 11.9 Å². The minimum Gasteiger partial charge on any atom is -0.394 e. The standard InChI is InChI=1S/C13H23N3O2S/c1-5-9(7-17)14-11(18)16-12-15-10(8-19-12)6-13(2,3)4/h8-9,17H,5-7H2,1-4H3,(H2,14,15,16,18). The first-order valence-electron chi connectivity index (χ1n) is 6.47. The van der Waals surface area contributed by atoms with Gasteiger partial charge in [0.05, 0.1) is 18.3 Å². The van der Waals surface area contributed by atoms with E-state index in [4.69, 9.17) is 5.11 Å². The number of aromatic nitrogens is 1. The number of nitrogens with zero attached hydrogens (tertiary/aromatic N) is 1. The van der Waals surface area contributed by atoms with Crippen molar-refractivity contribution in [3.8, 4) is 0 Å². The fourth-order valence-electron chi connectivity index (χ4n) is 1.58. The molecule has 19 heavy (non-hydrogen) atoms. The molecular weight excluding hydrogens is 262 g/mol. The molecule has 0 fully saturated rings. The summed E-state index contributed by atoms with van der Waals surface area (Å²) in [4.78, 5) is 16.0. The van der Waals surface area contributed by atoms with E-state index in [0.29, 0.717) is 11.6 Å². The Bertz CT molecular complexity index is 408. The molecule has 0 saturated carbocycles. The maximum atomic E-state index is 11.7. The second-order valence-electron chi connectivity index (χ2n) is 5.77. The van der Waals surface area contributed by atoms with Gasteiger partial charge in [0.1, 0.15) is 0 Å². The van der Waals surface area contributed by atoms with Crippen LogP contribution in [0.2, 0.25) is 0 Å². The summed E-state index contributed by atoms with van der Waals surface area (Å²) in [5.41, 5.74) is 1.17. The van der Waals surface area contributed by atoms with E-state index < -0.39 is 0 Å². The molecule has 0 radical (unpaired) electrons. The molecule has 0 spiro atoms. The average Bonchev–Trinajstić information content (AvgIpc) is 2.70. The van der Waals surface area contributed by atoms with Gasteiger partial charge in [-0.05, 0) is 18.3 Å². The fraction of sp³-hybridized carbons (Fsp3) is 0.692. The molecular formula is C13H23N3O2S. The smallest absolute Gasteiger partial charge is 0.321 e. The van der Waals surface area contributed by atoms with Crippen molar-refractivity contribution in [2.45, 2.75) is 46.6 Å². The molecule has 0 bridgehead atoms. The first kappa shape index (κ1) is 15.9. The lowest BCUT2D eigenvalue weighted by Crippen LogP contribution is -2.39. The van der Waals surface area contributed by atoms with Crippen LogP contribution in [-0.2, 0) is 6.42 Å². The average molecular weight is 285 g/mol. The van der Waals surface area contributed by atoms with Gasteiger partial charge in [-0.3, -0.25) is 5.32 Å². The number of thiazole rings is 1. The Morgan fingerprint density at radius 1 is 1.53 bits per heavy atom. The van der Waals surface area contributed by atoms with Crippen LogP contribution in [0.1, 0.15) is 39.8 Å². The molecule has 0 aliphatic rings. The molecule has 0 aliphatic heterocycles. The van der Waals surface area contributed by atoms with Gasteiger partial charge in [0.15, 0.2) is 5.13 Å². The predicted octanol–water partition coefficient (Wildman–Crippen LogP) is 2.62. The lowest BCUT2D eigenvalue weighted by Gasteiger charge is -2.15. The number of rotatable bonds is 5. The van der Waals surface area contributed by atoms with E-state index in [1.54, 1.807) is 0 Å². The van der Waals surface area contributed by atoms with Crippen LogP contribution in [0.3, 0.4) is 0 Å². The van der Waals surface area contributed by atoms with E-state index in [1.165, 1.54) is 11.3 Å². The molecule has 1 atom stereocenters. The van der Waals surface area contributed by atoms with Gasteiger partial charge in [0, 0.05) is 5.38 Å². The Balaban J connectivity index is 2.51. The predicted molar refractivity (Wildman–Crippen MR) is 78.6 cm³/mol. The molecule has 0 saturated heterocycles. The SMILES string of the molecule is CCC(CO)NC(=O)Nc1nc(CC(C)(C)C)cs1. The van der Waals surface area contributed by atoms with Gasteiger partial charge in [-0.15, -0.1) is 11.3 Å². The van der Waals surface area contributed by atoms with Crippen molar-refractivity contribution < 1.29 is 9.90 Å². The van der Waals surface area contributed by atoms with Gasteiger partial charge in [0.2, 0.25) is 0 Å². The van der Waals surface area contributed by atoms with Crippen molar-refractivity contribution in [1.29, 1.82) is 0 Å². The first-order valence-corrected chi connectivity index (χ1v) is 7.35. The van der Waals surface area contributed by atoms with Gasteiger partial charge in [0.25, 0.3) is 0 Å². The summed E-state index contributed by atoms with van der Waals surface area (Å²) in [7, 11) is 0. The minimum atomic E-state index is -0.322. The molecule has 0 aliphatic carbocycles. The van der Waals surface area contributed by atoms with Gasteiger partial charge >= 0.3 is 6.03 Å². The minimum absolute atomic E-state index is 0.0585. The lowest BCUT2D eigenvalue weighted by atomic mass is 9.91. The molecule has 2 amide bonds. The summed E-state index contributed by atoms with van der Waals surface area (Å²) in [6.45, 7) is 8.31. The van der Waals surface area contributed by atoms with Gasteiger partial charge in [-0.1, -0.05) is 27.7 Å². The van der Waals surface area contributed by atoms with E-state index in [9.17, 15) is 4.79 Å². The van der Waals surface area contributed by atoms with Crippen LogP contribution in [0.25, 0.3) is 0 Å². The third-order valence-corrected chi connectivity index (χ3v) is 3.34. The van der Waals surface area contributed by atoms with Crippen LogP contribution in [0.15, 0.2) is 5.38 Å². The highest BCUT2D eigenvalue weighted by molar-refractivity contribution is 7.13. The van der Waals surface area contributed by atoms with Crippen LogP contribution in [0.4, 0.5) is 9.93 Å². The number of hydrogen-bond donors (Lipinski definition) is 3. The number of aliphatic hydroxyl groups excluding tert-OH is 1. The summed E-state index contributed by atoms with van der Waals surface area (Å²) in [5, 5.41) is 16.9. The van der Waals surface area contributed by atoms with E-state index in [0.717, 1.165) is 12.1 Å². The molecule has 0 aromatic carbocycles.